The van der Waals surface area contributed by atoms with E-state index in [0.29, 0.717) is 11.4 Å². The zero-order valence-corrected chi connectivity index (χ0v) is 10.9. The molecule has 0 saturated heterocycles. The lowest BCUT2D eigenvalue weighted by atomic mass is 10.2. The maximum Gasteiger partial charge on any atom is 0.244 e. The molecule has 3 rings (SSSR count). The molecule has 19 heavy (non-hydrogen) atoms. The van der Waals surface area contributed by atoms with Crippen molar-refractivity contribution in [1.82, 2.24) is 4.31 Å². The quantitative estimate of drug-likeness (QED) is 0.846. The van der Waals surface area contributed by atoms with E-state index in [1.54, 1.807) is 24.3 Å². The molecule has 0 atom stereocenters. The molecule has 0 N–H and O–H groups in total. The van der Waals surface area contributed by atoms with Crippen LogP contribution in [-0.2, 0) is 23.1 Å². The predicted octanol–water partition coefficient (Wildman–Crippen LogP) is 2.53. The Balaban J connectivity index is 1.91. The fourth-order valence-corrected chi connectivity index (χ4v) is 3.86. The highest BCUT2D eigenvalue weighted by atomic mass is 32.2. The van der Waals surface area contributed by atoms with Gasteiger partial charge in [0.15, 0.2) is 0 Å². The Morgan fingerprint density at radius 1 is 1.05 bits per heavy atom. The molecular weight excluding hydrogens is 265 g/mol. The van der Waals surface area contributed by atoms with Crippen molar-refractivity contribution in [3.05, 3.63) is 65.5 Å². The number of benzene rings is 2. The molecule has 3 nitrogen and oxygen atoms in total. The van der Waals surface area contributed by atoms with Crippen LogP contribution in [0.15, 0.2) is 53.4 Å². The van der Waals surface area contributed by atoms with E-state index in [0.717, 1.165) is 11.1 Å². The van der Waals surface area contributed by atoms with Crippen LogP contribution in [0.3, 0.4) is 0 Å². The van der Waals surface area contributed by atoms with Gasteiger partial charge in [-0.1, -0.05) is 30.3 Å². The molecular formula is C14H12FNO2S. The maximum atomic E-state index is 12.8. The van der Waals surface area contributed by atoms with E-state index in [4.69, 9.17) is 0 Å². The van der Waals surface area contributed by atoms with E-state index >= 15 is 0 Å². The number of rotatable bonds is 2. The van der Waals surface area contributed by atoms with Gasteiger partial charge in [-0.3, -0.25) is 0 Å². The van der Waals surface area contributed by atoms with Crippen molar-refractivity contribution in [1.29, 1.82) is 0 Å². The molecule has 0 aliphatic carbocycles. The van der Waals surface area contributed by atoms with Crippen LogP contribution >= 0.6 is 0 Å². The van der Waals surface area contributed by atoms with Gasteiger partial charge in [-0.2, -0.15) is 4.31 Å². The monoisotopic (exact) mass is 277 g/mol. The fourth-order valence-electron chi connectivity index (χ4n) is 2.23. The minimum Gasteiger partial charge on any atom is -0.207 e. The maximum absolute atomic E-state index is 12.8. The van der Waals surface area contributed by atoms with Gasteiger partial charge < -0.3 is 0 Å². The standard InChI is InChI=1S/C14H12FNO2S/c15-13-7-5-11(6-8-13)9-16-10-12-3-1-2-4-14(12)19(16,17)18/h1-8H,9-10H2. The van der Waals surface area contributed by atoms with Gasteiger partial charge in [0.05, 0.1) is 4.90 Å². The molecule has 0 fully saturated rings. The number of halogens is 1. The van der Waals surface area contributed by atoms with Crippen LogP contribution in [0, 0.1) is 5.82 Å². The Hall–Kier alpha value is -1.72. The van der Waals surface area contributed by atoms with Crippen molar-refractivity contribution in [3.63, 3.8) is 0 Å². The van der Waals surface area contributed by atoms with Crippen LogP contribution in [0.1, 0.15) is 11.1 Å². The molecule has 0 bridgehead atoms. The number of nitrogens with zero attached hydrogens (tertiary/aromatic N) is 1. The lowest BCUT2D eigenvalue weighted by Crippen LogP contribution is -2.23. The van der Waals surface area contributed by atoms with Gasteiger partial charge >= 0.3 is 0 Å². The number of hydrogen-bond acceptors (Lipinski definition) is 2. The van der Waals surface area contributed by atoms with Crippen molar-refractivity contribution in [2.24, 2.45) is 0 Å². The van der Waals surface area contributed by atoms with E-state index in [1.807, 2.05) is 12.1 Å². The smallest absolute Gasteiger partial charge is 0.207 e. The fraction of sp³-hybridized carbons (Fsp3) is 0.143. The van der Waals surface area contributed by atoms with Gasteiger partial charge in [-0.25, -0.2) is 12.8 Å². The SMILES string of the molecule is O=S1(=O)c2ccccc2CN1Cc1ccc(F)cc1. The Morgan fingerprint density at radius 3 is 2.42 bits per heavy atom. The summed E-state index contributed by atoms with van der Waals surface area (Å²) < 4.78 is 38.9. The van der Waals surface area contributed by atoms with Gasteiger partial charge in [0.2, 0.25) is 10.0 Å². The third kappa shape index (κ3) is 2.15. The molecule has 0 spiro atoms. The first-order valence-electron chi connectivity index (χ1n) is 5.90. The van der Waals surface area contributed by atoms with Gasteiger partial charge in [0.1, 0.15) is 5.82 Å². The third-order valence-electron chi connectivity index (χ3n) is 3.21. The molecule has 98 valence electrons. The van der Waals surface area contributed by atoms with Crippen molar-refractivity contribution in [2.75, 3.05) is 0 Å². The molecule has 1 aliphatic heterocycles. The highest BCUT2D eigenvalue weighted by Gasteiger charge is 2.33. The van der Waals surface area contributed by atoms with E-state index in [1.165, 1.54) is 16.4 Å². The summed E-state index contributed by atoms with van der Waals surface area (Å²) in [6, 6.07) is 12.9. The lowest BCUT2D eigenvalue weighted by Gasteiger charge is -2.14. The minimum atomic E-state index is -3.42. The van der Waals surface area contributed by atoms with Gasteiger partial charge in [0, 0.05) is 13.1 Å². The van der Waals surface area contributed by atoms with Gasteiger partial charge in [-0.05, 0) is 29.3 Å². The summed E-state index contributed by atoms with van der Waals surface area (Å²) in [7, 11) is -3.42. The Kier molecular flexibility index (Phi) is 2.88. The van der Waals surface area contributed by atoms with Gasteiger partial charge in [0.25, 0.3) is 0 Å². The van der Waals surface area contributed by atoms with Crippen LogP contribution < -0.4 is 0 Å². The van der Waals surface area contributed by atoms with E-state index in [-0.39, 0.29) is 12.4 Å². The minimum absolute atomic E-state index is 0.261. The highest BCUT2D eigenvalue weighted by Crippen LogP contribution is 2.31. The molecule has 0 amide bonds. The molecule has 1 aliphatic rings. The molecule has 2 aromatic rings. The summed E-state index contributed by atoms with van der Waals surface area (Å²) in [6.45, 7) is 0.632. The summed E-state index contributed by atoms with van der Waals surface area (Å²) in [5.74, 6) is -0.323. The summed E-state index contributed by atoms with van der Waals surface area (Å²) in [6.07, 6.45) is 0. The second kappa shape index (κ2) is 4.43. The predicted molar refractivity (Wildman–Crippen MR) is 69.3 cm³/mol. The van der Waals surface area contributed by atoms with Gasteiger partial charge in [-0.15, -0.1) is 0 Å². The van der Waals surface area contributed by atoms with Crippen LogP contribution in [0.4, 0.5) is 4.39 Å². The summed E-state index contributed by atoms with van der Waals surface area (Å²) in [5.41, 5.74) is 1.59. The first-order valence-corrected chi connectivity index (χ1v) is 7.34. The van der Waals surface area contributed by atoms with E-state index < -0.39 is 10.0 Å². The highest BCUT2D eigenvalue weighted by molar-refractivity contribution is 7.89. The van der Waals surface area contributed by atoms with Crippen LogP contribution in [0.25, 0.3) is 0 Å². The first-order chi connectivity index (χ1) is 9.07. The summed E-state index contributed by atoms with van der Waals surface area (Å²) in [5, 5.41) is 0. The molecule has 1 heterocycles. The Bertz CT molecular complexity index is 710. The normalized spacial score (nSPS) is 17.3. The second-order valence-corrected chi connectivity index (χ2v) is 6.41. The Morgan fingerprint density at radius 2 is 1.74 bits per heavy atom. The molecule has 2 aromatic carbocycles. The van der Waals surface area contributed by atoms with Crippen molar-refractivity contribution in [3.8, 4) is 0 Å². The number of fused-ring (bicyclic) bond motifs is 1. The topological polar surface area (TPSA) is 37.4 Å². The first kappa shape index (κ1) is 12.3. The zero-order valence-electron chi connectivity index (χ0n) is 10.1. The summed E-state index contributed by atoms with van der Waals surface area (Å²) >= 11 is 0. The average Bonchev–Trinajstić information content (AvgIpc) is 2.65. The number of hydrogen-bond donors (Lipinski definition) is 0. The molecule has 5 heteroatoms. The van der Waals surface area contributed by atoms with E-state index in [2.05, 4.69) is 0 Å². The number of sulfonamides is 1. The van der Waals surface area contributed by atoms with Crippen molar-refractivity contribution < 1.29 is 12.8 Å². The summed E-state index contributed by atoms with van der Waals surface area (Å²) in [4.78, 5) is 0.372. The largest absolute Gasteiger partial charge is 0.244 e. The van der Waals surface area contributed by atoms with Crippen molar-refractivity contribution in [2.45, 2.75) is 18.0 Å². The second-order valence-electron chi connectivity index (χ2n) is 4.51. The molecule has 0 unspecified atom stereocenters. The van der Waals surface area contributed by atoms with E-state index in [9.17, 15) is 12.8 Å². The molecule has 0 radical (unpaired) electrons. The molecule has 0 saturated carbocycles. The van der Waals surface area contributed by atoms with Crippen molar-refractivity contribution >= 4 is 10.0 Å². The Labute approximate surface area is 111 Å². The zero-order chi connectivity index (χ0) is 13.5. The third-order valence-corrected chi connectivity index (χ3v) is 5.10. The lowest BCUT2D eigenvalue weighted by molar-refractivity contribution is 0.419. The average molecular weight is 277 g/mol. The van der Waals surface area contributed by atoms with Crippen LogP contribution in [0.5, 0.6) is 0 Å². The van der Waals surface area contributed by atoms with Crippen LogP contribution in [-0.4, -0.2) is 12.7 Å². The molecule has 0 aromatic heterocycles. The van der Waals surface area contributed by atoms with Crippen LogP contribution in [0.2, 0.25) is 0 Å².